The normalized spacial score (nSPS) is 16.1. The van der Waals surface area contributed by atoms with Gasteiger partial charge in [-0.3, -0.25) is 9.59 Å². The monoisotopic (exact) mass is 489 g/mol. The molecule has 1 fully saturated rings. The van der Waals surface area contributed by atoms with E-state index >= 15 is 4.39 Å². The van der Waals surface area contributed by atoms with Gasteiger partial charge in [-0.2, -0.15) is 0 Å². The first-order valence-electron chi connectivity index (χ1n) is 12.4. The number of fused-ring (bicyclic) bond motifs is 2. The van der Waals surface area contributed by atoms with Crippen LogP contribution in [0.25, 0.3) is 21.9 Å². The first-order chi connectivity index (χ1) is 17.4. The molecule has 1 aliphatic carbocycles. The van der Waals surface area contributed by atoms with Crippen molar-refractivity contribution < 1.29 is 13.9 Å². The molecule has 186 valence electrons. The van der Waals surface area contributed by atoms with Crippen LogP contribution in [0, 0.1) is 5.82 Å². The fourth-order valence-electron chi connectivity index (χ4n) is 5.82. The van der Waals surface area contributed by atoms with Crippen LogP contribution in [0.15, 0.2) is 41.6 Å². The quantitative estimate of drug-likeness (QED) is 0.236. The van der Waals surface area contributed by atoms with Crippen LogP contribution in [0.3, 0.4) is 0 Å². The van der Waals surface area contributed by atoms with Crippen molar-refractivity contribution in [1.82, 2.24) is 14.1 Å². The van der Waals surface area contributed by atoms with Crippen LogP contribution in [0.2, 0.25) is 0 Å². The van der Waals surface area contributed by atoms with Crippen molar-refractivity contribution >= 4 is 39.1 Å². The minimum absolute atomic E-state index is 0.0246. The molecule has 1 saturated carbocycles. The van der Waals surface area contributed by atoms with Crippen molar-refractivity contribution in [3.63, 3.8) is 0 Å². The Hall–Kier alpha value is -3.88. The van der Waals surface area contributed by atoms with Gasteiger partial charge < -0.3 is 24.9 Å². The highest BCUT2D eigenvalue weighted by Gasteiger charge is 2.42. The molecule has 9 heteroatoms. The van der Waals surface area contributed by atoms with E-state index in [4.69, 9.17) is 10.5 Å². The molecule has 0 radical (unpaired) electrons. The Balaban J connectivity index is 1.39. The first kappa shape index (κ1) is 22.6. The minimum atomic E-state index is -0.725. The van der Waals surface area contributed by atoms with Crippen molar-refractivity contribution in [2.24, 2.45) is 0 Å². The van der Waals surface area contributed by atoms with Crippen molar-refractivity contribution in [1.29, 1.82) is 0 Å². The molecule has 8 nitrogen and oxygen atoms in total. The number of hydrogen-bond acceptors (Lipinski definition) is 6. The van der Waals surface area contributed by atoms with E-state index in [1.165, 1.54) is 6.92 Å². The van der Waals surface area contributed by atoms with Gasteiger partial charge in [-0.15, -0.1) is 0 Å². The van der Waals surface area contributed by atoms with Gasteiger partial charge in [0.05, 0.1) is 45.1 Å². The number of halogens is 1. The number of nitrogens with zero attached hydrogens (tertiary/aromatic N) is 3. The van der Waals surface area contributed by atoms with Gasteiger partial charge in [0.2, 0.25) is 5.43 Å². The minimum Gasteiger partial charge on any atom is -0.487 e. The van der Waals surface area contributed by atoms with Gasteiger partial charge in [0.1, 0.15) is 12.3 Å². The van der Waals surface area contributed by atoms with E-state index < -0.39 is 11.2 Å². The molecule has 1 spiro atoms. The molecular formula is C27H28FN5O3. The van der Waals surface area contributed by atoms with Gasteiger partial charge in [-0.25, -0.2) is 9.37 Å². The highest BCUT2D eigenvalue weighted by molar-refractivity contribution is 6.04. The topological polar surface area (TPSA) is 104 Å². The van der Waals surface area contributed by atoms with E-state index in [0.717, 1.165) is 36.7 Å². The zero-order valence-corrected chi connectivity index (χ0v) is 20.1. The molecule has 0 saturated heterocycles. The number of aryl methyl sites for hydroxylation is 1. The summed E-state index contributed by atoms with van der Waals surface area (Å²) in [5, 5.41) is 3.20. The molecular weight excluding hydrogens is 461 g/mol. The summed E-state index contributed by atoms with van der Waals surface area (Å²) in [4.78, 5) is 30.0. The first-order valence-corrected chi connectivity index (χ1v) is 12.4. The lowest BCUT2D eigenvalue weighted by Gasteiger charge is -2.39. The summed E-state index contributed by atoms with van der Waals surface area (Å²) < 4.78 is 25.8. The fourth-order valence-corrected chi connectivity index (χ4v) is 5.82. The predicted octanol–water partition coefficient (Wildman–Crippen LogP) is 4.44. The molecule has 2 aromatic carbocycles. The number of rotatable bonds is 6. The van der Waals surface area contributed by atoms with Crippen LogP contribution in [-0.4, -0.2) is 33.1 Å². The van der Waals surface area contributed by atoms with Gasteiger partial charge in [0.15, 0.2) is 17.3 Å². The van der Waals surface area contributed by atoms with E-state index in [9.17, 15) is 9.59 Å². The number of pyridine rings is 1. The molecule has 36 heavy (non-hydrogen) atoms. The number of imidazole rings is 1. The number of aromatic nitrogens is 3. The third kappa shape index (κ3) is 3.29. The summed E-state index contributed by atoms with van der Waals surface area (Å²) in [7, 11) is 0. The Morgan fingerprint density at radius 2 is 2.06 bits per heavy atom. The number of ketones is 1. The maximum Gasteiger partial charge on any atom is 0.202 e. The maximum absolute atomic E-state index is 15.6. The number of anilines is 2. The average Bonchev–Trinajstić information content (AvgIpc) is 3.51. The molecule has 0 atom stereocenters. The number of nitrogens with two attached hydrogens (primary N) is 1. The molecule has 6 rings (SSSR count). The maximum atomic E-state index is 15.6. The molecule has 3 N–H and O–H groups in total. The SMILES string of the molecule is CC(=O)c1cn2c3c(c(NCCCn4cnc5ccccc54)c(F)c(N)c3c1=O)OCC21CCCC1. The number of nitrogen functional groups attached to an aromatic ring is 1. The average molecular weight is 490 g/mol. The summed E-state index contributed by atoms with van der Waals surface area (Å²) in [6, 6.07) is 7.91. The van der Waals surface area contributed by atoms with Gasteiger partial charge in [-0.05, 0) is 38.3 Å². The third-order valence-corrected chi connectivity index (χ3v) is 7.69. The largest absolute Gasteiger partial charge is 0.487 e. The van der Waals surface area contributed by atoms with E-state index in [2.05, 4.69) is 14.9 Å². The lowest BCUT2D eigenvalue weighted by atomic mass is 9.93. The Morgan fingerprint density at radius 1 is 1.28 bits per heavy atom. The van der Waals surface area contributed by atoms with Crippen molar-refractivity contribution in [2.45, 2.75) is 51.1 Å². The number of hydrogen-bond donors (Lipinski definition) is 2. The second kappa shape index (κ2) is 8.36. The number of carbonyl (C=O) groups excluding carboxylic acids is 1. The van der Waals surface area contributed by atoms with E-state index in [1.807, 2.05) is 28.8 Å². The number of carbonyl (C=O) groups is 1. The predicted molar refractivity (Wildman–Crippen MR) is 137 cm³/mol. The Bertz CT molecular complexity index is 1580. The van der Waals surface area contributed by atoms with E-state index in [-0.39, 0.29) is 39.4 Å². The fraction of sp³-hybridized carbons (Fsp3) is 0.370. The van der Waals surface area contributed by atoms with Crippen LogP contribution in [-0.2, 0) is 12.1 Å². The van der Waals surface area contributed by atoms with E-state index in [1.54, 1.807) is 12.5 Å². The number of para-hydroxylation sites is 2. The van der Waals surface area contributed by atoms with Crippen molar-refractivity contribution in [3.8, 4) is 5.75 Å². The molecule has 0 amide bonds. The summed E-state index contributed by atoms with van der Waals surface area (Å²) in [6.07, 6.45) is 7.91. The Kier molecular flexibility index (Phi) is 5.24. The molecule has 0 bridgehead atoms. The zero-order chi connectivity index (χ0) is 25.0. The molecule has 1 aliphatic heterocycles. The molecule has 4 aromatic rings. The van der Waals surface area contributed by atoms with E-state index in [0.29, 0.717) is 31.6 Å². The number of nitrogens with one attached hydrogen (secondary N) is 1. The van der Waals surface area contributed by atoms with Crippen LogP contribution < -0.4 is 21.2 Å². The molecule has 3 heterocycles. The van der Waals surface area contributed by atoms with Crippen LogP contribution in [0.4, 0.5) is 15.8 Å². The molecule has 0 unspecified atom stereocenters. The van der Waals surface area contributed by atoms with Crippen molar-refractivity contribution in [3.05, 3.63) is 58.4 Å². The molecule has 2 aliphatic rings. The van der Waals surface area contributed by atoms with Gasteiger partial charge >= 0.3 is 0 Å². The smallest absolute Gasteiger partial charge is 0.202 e. The molecule has 2 aromatic heterocycles. The highest BCUT2D eigenvalue weighted by atomic mass is 19.1. The lowest BCUT2D eigenvalue weighted by Crippen LogP contribution is -2.42. The standard InChI is InChI=1S/C27H28FN5O3/c1-16(34)17-13-33-24-20(25(17)35)22(29)21(28)23(26(24)36-14-27(33)9-4-5-10-27)30-11-6-12-32-15-31-18-7-2-3-8-19(18)32/h2-3,7-8,13,15,30H,4-6,9-12,14,29H2,1H3. The second-order valence-corrected chi connectivity index (χ2v) is 9.88. The Morgan fingerprint density at radius 3 is 2.83 bits per heavy atom. The lowest BCUT2D eigenvalue weighted by molar-refractivity contribution is 0.101. The second-order valence-electron chi connectivity index (χ2n) is 9.88. The number of Topliss-reactive ketones (excluding diaryl/α,β-unsaturated/α-hetero) is 1. The van der Waals surface area contributed by atoms with Crippen LogP contribution in [0.1, 0.15) is 49.4 Å². The Labute approximate surface area is 206 Å². The van der Waals surface area contributed by atoms with Crippen molar-refractivity contribution in [2.75, 3.05) is 24.2 Å². The summed E-state index contributed by atoms with van der Waals surface area (Å²) >= 11 is 0. The van der Waals surface area contributed by atoms with Gasteiger partial charge in [0, 0.05) is 19.3 Å². The summed E-state index contributed by atoms with van der Waals surface area (Å²) in [6.45, 7) is 2.87. The summed E-state index contributed by atoms with van der Waals surface area (Å²) in [5.41, 5.74) is 7.69. The zero-order valence-electron chi connectivity index (χ0n) is 20.1. The van der Waals surface area contributed by atoms with Gasteiger partial charge in [-0.1, -0.05) is 25.0 Å². The highest BCUT2D eigenvalue weighted by Crippen LogP contribution is 2.48. The van der Waals surface area contributed by atoms with Gasteiger partial charge in [0.25, 0.3) is 0 Å². The summed E-state index contributed by atoms with van der Waals surface area (Å²) in [5.74, 6) is -0.798. The number of benzene rings is 2. The van der Waals surface area contributed by atoms with Crippen LogP contribution >= 0.6 is 0 Å². The van der Waals surface area contributed by atoms with Crippen LogP contribution in [0.5, 0.6) is 5.75 Å². The number of ether oxygens (including phenoxy) is 1. The third-order valence-electron chi connectivity index (χ3n) is 7.69.